The van der Waals surface area contributed by atoms with E-state index in [0.717, 1.165) is 0 Å². The maximum absolute atomic E-state index is 2.46. The lowest BCUT2D eigenvalue weighted by Crippen LogP contribution is -1.97. The summed E-state index contributed by atoms with van der Waals surface area (Å²) in [5.41, 5.74) is 18.8. The summed E-state index contributed by atoms with van der Waals surface area (Å²) in [7, 11) is 0. The molecule has 48 heavy (non-hydrogen) atoms. The molecule has 0 aliphatic heterocycles. The van der Waals surface area contributed by atoms with Gasteiger partial charge in [-0.05, 0) is 161 Å². The molecule has 0 heterocycles. The SMILES string of the molecule is Cc1cc2c(cc1C)C(c1cc3ccccc3c3ccccc13)=C1C2=C(c2cc3ccccc3c3ccccc23)c2cc(C)c(C)cc21. The van der Waals surface area contributed by atoms with E-state index in [4.69, 9.17) is 0 Å². The fourth-order valence-electron chi connectivity index (χ4n) is 8.60. The minimum Gasteiger partial charge on any atom is -0.0616 e. The summed E-state index contributed by atoms with van der Waals surface area (Å²) in [6.07, 6.45) is 0. The quantitative estimate of drug-likeness (QED) is 0.171. The van der Waals surface area contributed by atoms with Crippen LogP contribution in [0.2, 0.25) is 0 Å². The predicted octanol–water partition coefficient (Wildman–Crippen LogP) is 12.8. The average Bonchev–Trinajstić information content (AvgIpc) is 3.59. The summed E-state index contributed by atoms with van der Waals surface area (Å²) in [5.74, 6) is 0. The number of hydrogen-bond acceptors (Lipinski definition) is 0. The van der Waals surface area contributed by atoms with Crippen LogP contribution in [-0.4, -0.2) is 0 Å². The summed E-state index contributed by atoms with van der Waals surface area (Å²) in [6.45, 7) is 9.05. The summed E-state index contributed by atoms with van der Waals surface area (Å²) < 4.78 is 0. The van der Waals surface area contributed by atoms with Gasteiger partial charge in [0.25, 0.3) is 0 Å². The number of benzene rings is 8. The largest absolute Gasteiger partial charge is 0.0616 e. The first kappa shape index (κ1) is 27.4. The van der Waals surface area contributed by atoms with E-state index in [0.29, 0.717) is 0 Å². The zero-order chi connectivity index (χ0) is 32.3. The van der Waals surface area contributed by atoms with E-state index < -0.39 is 0 Å². The summed E-state index contributed by atoms with van der Waals surface area (Å²) in [6, 6.07) is 50.4. The summed E-state index contributed by atoms with van der Waals surface area (Å²) >= 11 is 0. The van der Waals surface area contributed by atoms with Gasteiger partial charge in [0.15, 0.2) is 0 Å². The van der Waals surface area contributed by atoms with Crippen LogP contribution < -0.4 is 0 Å². The second-order valence-corrected chi connectivity index (χ2v) is 13.8. The fourth-order valence-corrected chi connectivity index (χ4v) is 8.60. The van der Waals surface area contributed by atoms with Crippen molar-refractivity contribution in [2.24, 2.45) is 0 Å². The Kier molecular flexibility index (Phi) is 5.65. The third-order valence-electron chi connectivity index (χ3n) is 11.2. The lowest BCUT2D eigenvalue weighted by molar-refractivity contribution is 1.32. The molecule has 8 aromatic carbocycles. The lowest BCUT2D eigenvalue weighted by atomic mass is 9.85. The van der Waals surface area contributed by atoms with Gasteiger partial charge in [-0.3, -0.25) is 0 Å². The Morgan fingerprint density at radius 3 is 0.917 bits per heavy atom. The van der Waals surface area contributed by atoms with Crippen LogP contribution in [0.15, 0.2) is 133 Å². The van der Waals surface area contributed by atoms with Gasteiger partial charge in [-0.1, -0.05) is 121 Å². The molecule has 0 fully saturated rings. The highest BCUT2D eigenvalue weighted by Crippen LogP contribution is 2.60. The molecule has 0 spiro atoms. The Hall–Kier alpha value is -5.72. The second-order valence-electron chi connectivity index (χ2n) is 13.8. The minimum absolute atomic E-state index is 1.28. The molecule has 0 amide bonds. The predicted molar refractivity (Wildman–Crippen MR) is 207 cm³/mol. The Morgan fingerprint density at radius 1 is 0.250 bits per heavy atom. The molecular formula is C48H34. The topological polar surface area (TPSA) is 0 Å². The maximum Gasteiger partial charge on any atom is -0.000730 e. The molecule has 2 aliphatic rings. The van der Waals surface area contributed by atoms with E-state index in [2.05, 4.69) is 161 Å². The molecule has 226 valence electrons. The zero-order valence-corrected chi connectivity index (χ0v) is 27.7. The molecule has 0 saturated heterocycles. The minimum atomic E-state index is 1.28. The van der Waals surface area contributed by atoms with Crippen molar-refractivity contribution in [3.8, 4) is 0 Å². The molecule has 8 aromatic rings. The molecule has 0 unspecified atom stereocenters. The fraction of sp³-hybridized carbons (Fsp3) is 0.0833. The Balaban J connectivity index is 1.43. The van der Waals surface area contributed by atoms with Gasteiger partial charge in [0.2, 0.25) is 0 Å². The number of allylic oxidation sites excluding steroid dienone is 2. The highest BCUT2D eigenvalue weighted by Gasteiger charge is 2.39. The maximum atomic E-state index is 2.46. The van der Waals surface area contributed by atoms with Crippen LogP contribution >= 0.6 is 0 Å². The molecule has 0 nitrogen and oxygen atoms in total. The van der Waals surface area contributed by atoms with Crippen molar-refractivity contribution < 1.29 is 0 Å². The molecule has 0 heteroatoms. The third kappa shape index (κ3) is 3.66. The molecule has 0 N–H and O–H groups in total. The number of rotatable bonds is 2. The van der Waals surface area contributed by atoms with E-state index in [1.807, 2.05) is 0 Å². The zero-order valence-electron chi connectivity index (χ0n) is 27.7. The smallest absolute Gasteiger partial charge is 0.000730 e. The van der Waals surface area contributed by atoms with Gasteiger partial charge in [-0.25, -0.2) is 0 Å². The molecule has 0 saturated carbocycles. The molecular weight excluding hydrogens is 577 g/mol. The normalized spacial score (nSPS) is 13.7. The second kappa shape index (κ2) is 9.89. The average molecular weight is 611 g/mol. The highest BCUT2D eigenvalue weighted by molar-refractivity contribution is 6.38. The van der Waals surface area contributed by atoms with Crippen LogP contribution in [0.4, 0.5) is 0 Å². The first-order valence-corrected chi connectivity index (χ1v) is 17.0. The first-order chi connectivity index (χ1) is 23.5. The standard InChI is InChI=1S/C48H34/c1-27-21-39-41(23-29(27)3)47-46(44-26-32-14-6-8-16-34(32)36-18-10-12-20-38(36)44)40-22-28(2)30(4)24-42(40)48(47)45(39)43-25-31-13-5-7-15-33(31)35-17-9-11-19-37(35)43/h5-26H,1-4H3. The van der Waals surface area contributed by atoms with Crippen molar-refractivity contribution >= 4 is 65.4 Å². The van der Waals surface area contributed by atoms with Gasteiger partial charge >= 0.3 is 0 Å². The van der Waals surface area contributed by atoms with Crippen LogP contribution in [0.1, 0.15) is 55.6 Å². The molecule has 0 aromatic heterocycles. The Morgan fingerprint density at radius 2 is 0.542 bits per heavy atom. The van der Waals surface area contributed by atoms with Gasteiger partial charge in [0, 0.05) is 0 Å². The van der Waals surface area contributed by atoms with Crippen LogP contribution in [0.25, 0.3) is 65.4 Å². The highest BCUT2D eigenvalue weighted by atomic mass is 14.4. The molecule has 0 atom stereocenters. The van der Waals surface area contributed by atoms with Crippen molar-refractivity contribution in [3.63, 3.8) is 0 Å². The third-order valence-corrected chi connectivity index (χ3v) is 11.2. The van der Waals surface area contributed by atoms with Gasteiger partial charge in [-0.2, -0.15) is 0 Å². The van der Waals surface area contributed by atoms with Crippen molar-refractivity contribution in [1.29, 1.82) is 0 Å². The molecule has 10 rings (SSSR count). The monoisotopic (exact) mass is 610 g/mol. The summed E-state index contributed by atoms with van der Waals surface area (Å²) in [5, 5.41) is 10.4. The Labute approximate surface area is 281 Å². The van der Waals surface area contributed by atoms with Gasteiger partial charge in [-0.15, -0.1) is 0 Å². The molecule has 2 aliphatic carbocycles. The van der Waals surface area contributed by atoms with E-state index in [-0.39, 0.29) is 0 Å². The van der Waals surface area contributed by atoms with Crippen molar-refractivity contribution in [3.05, 3.63) is 189 Å². The van der Waals surface area contributed by atoms with Crippen molar-refractivity contribution in [2.75, 3.05) is 0 Å². The van der Waals surface area contributed by atoms with Gasteiger partial charge < -0.3 is 0 Å². The van der Waals surface area contributed by atoms with Crippen LogP contribution in [-0.2, 0) is 0 Å². The van der Waals surface area contributed by atoms with Gasteiger partial charge in [0.1, 0.15) is 0 Å². The Bertz CT molecular complexity index is 2610. The number of fused-ring (bicyclic) bond motifs is 11. The van der Waals surface area contributed by atoms with Crippen LogP contribution in [0.5, 0.6) is 0 Å². The molecule has 0 bridgehead atoms. The summed E-state index contributed by atoms with van der Waals surface area (Å²) in [4.78, 5) is 0. The van der Waals surface area contributed by atoms with Crippen LogP contribution in [0, 0.1) is 27.7 Å². The lowest BCUT2D eigenvalue weighted by Gasteiger charge is -2.18. The van der Waals surface area contributed by atoms with Crippen molar-refractivity contribution in [2.45, 2.75) is 27.7 Å². The van der Waals surface area contributed by atoms with E-state index in [1.54, 1.807) is 0 Å². The first-order valence-electron chi connectivity index (χ1n) is 17.0. The van der Waals surface area contributed by atoms with E-state index in [9.17, 15) is 0 Å². The molecule has 0 radical (unpaired) electrons. The van der Waals surface area contributed by atoms with E-state index in [1.165, 1.54) is 121 Å². The number of hydrogen-bond donors (Lipinski definition) is 0. The van der Waals surface area contributed by atoms with Crippen LogP contribution in [0.3, 0.4) is 0 Å². The van der Waals surface area contributed by atoms with Crippen molar-refractivity contribution in [1.82, 2.24) is 0 Å². The van der Waals surface area contributed by atoms with Gasteiger partial charge in [0.05, 0.1) is 0 Å². The van der Waals surface area contributed by atoms with E-state index >= 15 is 0 Å². The number of aryl methyl sites for hydroxylation is 4.